The normalized spacial score (nSPS) is 10.1. The van der Waals surface area contributed by atoms with Crippen LogP contribution in [-0.2, 0) is 6.42 Å². The smallest absolute Gasteiger partial charge is 1.00 e. The van der Waals surface area contributed by atoms with Gasteiger partial charge >= 0.3 is 29.6 Å². The fourth-order valence-electron chi connectivity index (χ4n) is 4.10. The summed E-state index contributed by atoms with van der Waals surface area (Å²) in [6.45, 7) is 6.60. The second-order valence-electron chi connectivity index (χ2n) is 10.1. The molecule has 0 atom stereocenters. The number of aryl methyl sites for hydroxylation is 2. The molecule has 0 aliphatic heterocycles. The number of nitro groups is 4. The summed E-state index contributed by atoms with van der Waals surface area (Å²) in [5.74, 6) is 0. The van der Waals surface area contributed by atoms with E-state index < -0.39 is 42.4 Å². The fraction of sp³-hybridized carbons (Fsp3) is 0.172. The third-order valence-electron chi connectivity index (χ3n) is 6.62. The van der Waals surface area contributed by atoms with Crippen LogP contribution in [0.5, 0.6) is 0 Å². The van der Waals surface area contributed by atoms with Crippen LogP contribution in [0.4, 0.5) is 28.4 Å². The first kappa shape index (κ1) is 45.3. The van der Waals surface area contributed by atoms with Gasteiger partial charge in [0.1, 0.15) is 15.1 Å². The molecule has 13 nitrogen and oxygen atoms in total. The van der Waals surface area contributed by atoms with E-state index in [4.69, 9.17) is 86.9 Å². The van der Waals surface area contributed by atoms with Crippen molar-refractivity contribution in [1.29, 1.82) is 0 Å². The van der Waals surface area contributed by atoms with Gasteiger partial charge in [-0.2, -0.15) is 0 Å². The first-order valence-corrected chi connectivity index (χ1v) is 15.8. The minimum Gasteiger partial charge on any atom is -1.00 e. The Hall–Kier alpha value is -2.69. The van der Waals surface area contributed by atoms with Gasteiger partial charge in [-0.15, -0.1) is 0 Å². The standard InChI is InChI=1S/C15H11Cl3N2O4.C7H4Cl2N2O4.C7H7Cl2N.Na.H/c1-7-3-11(16)10(12(17)4-7)5-9-8(2)15(18)14(20(23)24)6-13(9)19(21)22;1-3-6(8)4(10(12)13)2-5(7(3)9)11(14)15;1-4-2-5(8)7(10)6(9)3-4;;/h3-4,6H,5H2,1-2H3;2H,1H3;2-3H,10H2,1H3;;/q;;;+1;-1. The zero-order chi connectivity index (χ0) is 37.7. The Balaban J connectivity index is 0.000000793. The number of benzene rings is 4. The molecule has 0 aromatic heterocycles. The summed E-state index contributed by atoms with van der Waals surface area (Å²) in [4.78, 5) is 40.4. The molecule has 0 aliphatic rings. The van der Waals surface area contributed by atoms with Crippen molar-refractivity contribution in [3.8, 4) is 0 Å². The fourth-order valence-corrected chi connectivity index (χ4v) is 6.15. The Bertz CT molecular complexity index is 1940. The number of nitrogens with zero attached hydrogens (tertiary/aromatic N) is 4. The van der Waals surface area contributed by atoms with Gasteiger partial charge in [0.15, 0.2) is 0 Å². The largest absolute Gasteiger partial charge is 1.00 e. The molecule has 0 heterocycles. The van der Waals surface area contributed by atoms with Crippen LogP contribution < -0.4 is 35.3 Å². The summed E-state index contributed by atoms with van der Waals surface area (Å²) in [5.41, 5.74) is 6.98. The summed E-state index contributed by atoms with van der Waals surface area (Å²) in [6.07, 6.45) is 0.0395. The summed E-state index contributed by atoms with van der Waals surface area (Å²) in [5, 5.41) is 44.7. The number of anilines is 1. The number of rotatable bonds is 6. The van der Waals surface area contributed by atoms with E-state index in [1.54, 1.807) is 24.3 Å². The van der Waals surface area contributed by atoms with Crippen molar-refractivity contribution in [3.05, 3.63) is 145 Å². The third-order valence-corrected chi connectivity index (χ3v) is 9.35. The Kier molecular flexibility index (Phi) is 17.4. The topological polar surface area (TPSA) is 199 Å². The molecule has 4 rings (SSSR count). The minimum atomic E-state index is -0.793. The molecule has 4 aromatic carbocycles. The minimum absolute atomic E-state index is 0. The Morgan fingerprint density at radius 2 is 0.820 bits per heavy atom. The van der Waals surface area contributed by atoms with Gasteiger partial charge in [0.05, 0.1) is 47.6 Å². The van der Waals surface area contributed by atoms with E-state index in [1.165, 1.54) is 13.8 Å². The van der Waals surface area contributed by atoms with E-state index in [1.807, 2.05) is 13.8 Å². The van der Waals surface area contributed by atoms with Crippen LogP contribution in [0.25, 0.3) is 0 Å². The van der Waals surface area contributed by atoms with Crippen molar-refractivity contribution < 1.29 is 50.7 Å². The van der Waals surface area contributed by atoms with Crippen LogP contribution in [0.1, 0.15) is 34.8 Å². The molecule has 0 spiro atoms. The molecular weight excluding hydrogens is 818 g/mol. The zero-order valence-corrected chi connectivity index (χ0v) is 33.7. The Labute approximate surface area is 342 Å². The quantitative estimate of drug-likeness (QED) is 0.0853. The van der Waals surface area contributed by atoms with E-state index in [0.717, 1.165) is 23.3 Å². The molecule has 0 saturated heterocycles. The number of hydrogen-bond donors (Lipinski definition) is 1. The number of hydrogen-bond acceptors (Lipinski definition) is 9. The van der Waals surface area contributed by atoms with Gasteiger partial charge in [-0.05, 0) is 74.2 Å². The van der Waals surface area contributed by atoms with Gasteiger partial charge in [-0.25, -0.2) is 0 Å². The van der Waals surface area contributed by atoms with Crippen molar-refractivity contribution in [2.24, 2.45) is 0 Å². The van der Waals surface area contributed by atoms with E-state index in [9.17, 15) is 40.5 Å². The zero-order valence-electron chi connectivity index (χ0n) is 27.4. The van der Waals surface area contributed by atoms with Crippen LogP contribution in [0.15, 0.2) is 36.4 Å². The van der Waals surface area contributed by atoms with Gasteiger partial charge in [-0.3, -0.25) is 40.5 Å². The second-order valence-corrected chi connectivity index (χ2v) is 12.8. The molecular formula is C29H23Cl7N5NaO8. The van der Waals surface area contributed by atoms with Crippen molar-refractivity contribution in [2.45, 2.75) is 34.1 Å². The van der Waals surface area contributed by atoms with Crippen LogP contribution in [-0.4, -0.2) is 19.7 Å². The van der Waals surface area contributed by atoms with Crippen LogP contribution in [0, 0.1) is 68.2 Å². The Morgan fingerprint density at radius 3 is 1.16 bits per heavy atom. The maximum absolute atomic E-state index is 11.3. The molecule has 262 valence electrons. The third kappa shape index (κ3) is 11.2. The summed E-state index contributed by atoms with van der Waals surface area (Å²) >= 11 is 41.1. The monoisotopic (exact) mass is 837 g/mol. The maximum Gasteiger partial charge on any atom is 1.00 e. The van der Waals surface area contributed by atoms with Gasteiger partial charge in [-0.1, -0.05) is 81.2 Å². The molecule has 0 saturated carbocycles. The SMILES string of the molecule is Cc1c(Cl)c([N+](=O)[O-])cc([N+](=O)[O-])c1Cl.Cc1cc(Cl)c(Cc2c([N+](=O)[O-])cc([N+](=O)[O-])c(Cl)c2C)c(Cl)c1.Cc1cc(Cl)c(N)c(Cl)c1.[H-].[Na+]. The van der Waals surface area contributed by atoms with E-state index in [0.29, 0.717) is 31.3 Å². The van der Waals surface area contributed by atoms with Crippen molar-refractivity contribution in [2.75, 3.05) is 5.73 Å². The average Bonchev–Trinajstić information content (AvgIpc) is 2.98. The van der Waals surface area contributed by atoms with Gasteiger partial charge in [0, 0.05) is 27.6 Å². The van der Waals surface area contributed by atoms with E-state index >= 15 is 0 Å². The molecule has 0 aliphatic carbocycles. The van der Waals surface area contributed by atoms with Gasteiger partial charge in [0.25, 0.3) is 22.7 Å². The second kappa shape index (κ2) is 19.2. The molecule has 0 amide bonds. The van der Waals surface area contributed by atoms with Gasteiger partial charge < -0.3 is 7.16 Å². The van der Waals surface area contributed by atoms with Crippen molar-refractivity contribution >= 4 is 110 Å². The van der Waals surface area contributed by atoms with Gasteiger partial charge in [0.2, 0.25) is 0 Å². The average molecular weight is 841 g/mol. The first-order chi connectivity index (χ1) is 22.6. The number of nitrogen functional groups attached to an aromatic ring is 1. The summed E-state index contributed by atoms with van der Waals surface area (Å²) in [7, 11) is 0. The number of nitrogens with two attached hydrogens (primary N) is 1. The molecule has 2 N–H and O–H groups in total. The molecule has 0 radical (unpaired) electrons. The first-order valence-electron chi connectivity index (χ1n) is 13.1. The van der Waals surface area contributed by atoms with Crippen molar-refractivity contribution in [3.63, 3.8) is 0 Å². The number of halogens is 7. The summed E-state index contributed by atoms with van der Waals surface area (Å²) in [6, 6.07) is 8.55. The van der Waals surface area contributed by atoms with Crippen molar-refractivity contribution in [1.82, 2.24) is 0 Å². The van der Waals surface area contributed by atoms with Crippen LogP contribution in [0.3, 0.4) is 0 Å². The van der Waals surface area contributed by atoms with Crippen LogP contribution in [0.2, 0.25) is 35.2 Å². The predicted octanol–water partition coefficient (Wildman–Crippen LogP) is 8.79. The molecule has 0 bridgehead atoms. The molecule has 50 heavy (non-hydrogen) atoms. The maximum atomic E-state index is 11.3. The molecule has 4 aromatic rings. The van der Waals surface area contributed by atoms with E-state index in [-0.39, 0.29) is 69.2 Å². The summed E-state index contributed by atoms with van der Waals surface area (Å²) < 4.78 is 0. The van der Waals surface area contributed by atoms with Crippen LogP contribution >= 0.6 is 81.2 Å². The van der Waals surface area contributed by atoms with E-state index in [2.05, 4.69) is 0 Å². The Morgan fingerprint density at radius 1 is 0.520 bits per heavy atom. The molecule has 0 unspecified atom stereocenters. The molecule has 21 heteroatoms. The number of nitro benzene ring substituents is 4. The molecule has 0 fully saturated rings. The predicted molar refractivity (Wildman–Crippen MR) is 195 cm³/mol.